The largest absolute Gasteiger partial charge is 0.351 e. The molecule has 0 spiro atoms. The first-order valence-corrected chi connectivity index (χ1v) is 13.0. The molecule has 2 aromatic carbocycles. The summed E-state index contributed by atoms with van der Waals surface area (Å²) in [7, 11) is 0. The molecule has 1 fully saturated rings. The van der Waals surface area contributed by atoms with E-state index in [1.165, 1.54) is 16.0 Å². The van der Waals surface area contributed by atoms with E-state index in [1.807, 2.05) is 42.5 Å². The Morgan fingerprint density at radius 2 is 1.83 bits per heavy atom. The molecule has 192 valence electrons. The lowest BCUT2D eigenvalue weighted by atomic mass is 10.1. The van der Waals surface area contributed by atoms with Crippen molar-refractivity contribution in [3.05, 3.63) is 65.2 Å². The molecule has 8 heteroatoms. The topological polar surface area (TPSA) is 131 Å². The molecule has 4 rings (SSSR count). The van der Waals surface area contributed by atoms with Crippen molar-refractivity contribution in [2.24, 2.45) is 11.5 Å². The summed E-state index contributed by atoms with van der Waals surface area (Å²) < 4.78 is 0. The molecule has 0 saturated carbocycles. The summed E-state index contributed by atoms with van der Waals surface area (Å²) in [4.78, 5) is 40.7. The van der Waals surface area contributed by atoms with Gasteiger partial charge in [-0.3, -0.25) is 14.4 Å². The van der Waals surface area contributed by atoms with Gasteiger partial charge in [-0.2, -0.15) is 0 Å². The normalized spacial score (nSPS) is 19.6. The third kappa shape index (κ3) is 6.50. The second kappa shape index (κ2) is 12.1. The summed E-state index contributed by atoms with van der Waals surface area (Å²) in [5.41, 5.74) is 16.2. The smallest absolute Gasteiger partial charge is 0.247 e. The molecule has 1 aliphatic heterocycles. The predicted molar refractivity (Wildman–Crippen MR) is 140 cm³/mol. The number of hydrogen-bond acceptors (Lipinski definition) is 5. The summed E-state index contributed by atoms with van der Waals surface area (Å²) in [5, 5.41) is 6.02. The van der Waals surface area contributed by atoms with Crippen LogP contribution in [0.4, 0.5) is 5.69 Å². The number of anilines is 1. The van der Waals surface area contributed by atoms with Crippen molar-refractivity contribution in [1.29, 1.82) is 0 Å². The quantitative estimate of drug-likeness (QED) is 0.403. The van der Waals surface area contributed by atoms with Crippen LogP contribution in [-0.4, -0.2) is 53.8 Å². The zero-order valence-electron chi connectivity index (χ0n) is 20.7. The van der Waals surface area contributed by atoms with Crippen LogP contribution in [0.5, 0.6) is 0 Å². The van der Waals surface area contributed by atoms with Gasteiger partial charge in [-0.05, 0) is 80.3 Å². The van der Waals surface area contributed by atoms with Crippen molar-refractivity contribution in [3.63, 3.8) is 0 Å². The number of amides is 3. The van der Waals surface area contributed by atoms with Crippen molar-refractivity contribution in [3.8, 4) is 0 Å². The zero-order chi connectivity index (χ0) is 25.5. The van der Waals surface area contributed by atoms with E-state index in [0.29, 0.717) is 38.6 Å². The first-order chi connectivity index (χ1) is 17.4. The average Bonchev–Trinajstić information content (AvgIpc) is 3.53. The summed E-state index contributed by atoms with van der Waals surface area (Å²) in [6.45, 7) is 0.706. The number of benzene rings is 2. The van der Waals surface area contributed by atoms with Gasteiger partial charge >= 0.3 is 0 Å². The minimum atomic E-state index is -0.726. The molecular weight excluding hydrogens is 454 g/mol. The highest BCUT2D eigenvalue weighted by molar-refractivity contribution is 5.98. The minimum absolute atomic E-state index is 0.0941. The van der Waals surface area contributed by atoms with Gasteiger partial charge in [0.15, 0.2) is 0 Å². The molecule has 1 saturated heterocycles. The molecule has 3 amide bonds. The van der Waals surface area contributed by atoms with Gasteiger partial charge in [0, 0.05) is 24.7 Å². The molecule has 2 aromatic rings. The highest BCUT2D eigenvalue weighted by Gasteiger charge is 2.41. The van der Waals surface area contributed by atoms with E-state index in [-0.39, 0.29) is 30.3 Å². The maximum Gasteiger partial charge on any atom is 0.247 e. The summed E-state index contributed by atoms with van der Waals surface area (Å²) in [5.74, 6) is -0.629. The molecular formula is C28H37N5O3. The van der Waals surface area contributed by atoms with E-state index in [2.05, 4.69) is 16.7 Å². The predicted octanol–water partition coefficient (Wildman–Crippen LogP) is 1.90. The zero-order valence-corrected chi connectivity index (χ0v) is 20.7. The Morgan fingerprint density at radius 1 is 1.06 bits per heavy atom. The van der Waals surface area contributed by atoms with Crippen LogP contribution in [0.3, 0.4) is 0 Å². The molecule has 0 aromatic heterocycles. The third-order valence-corrected chi connectivity index (χ3v) is 7.14. The summed E-state index contributed by atoms with van der Waals surface area (Å²) in [6, 6.07) is 14.1. The fourth-order valence-electron chi connectivity index (χ4n) is 5.18. The number of likely N-dealkylation sites (tertiary alicyclic amines) is 1. The molecule has 3 atom stereocenters. The van der Waals surface area contributed by atoms with Crippen LogP contribution in [0, 0.1) is 0 Å². The number of nitrogens with zero attached hydrogens (tertiary/aromatic N) is 1. The Hall–Kier alpha value is -3.23. The second-order valence-electron chi connectivity index (χ2n) is 9.86. The molecule has 6 N–H and O–H groups in total. The lowest BCUT2D eigenvalue weighted by molar-refractivity contribution is -0.138. The Labute approximate surface area is 212 Å². The van der Waals surface area contributed by atoms with Crippen LogP contribution in [0.1, 0.15) is 48.8 Å². The van der Waals surface area contributed by atoms with E-state index in [0.717, 1.165) is 30.5 Å². The highest BCUT2D eigenvalue weighted by Crippen LogP contribution is 2.26. The van der Waals surface area contributed by atoms with E-state index < -0.39 is 12.1 Å². The van der Waals surface area contributed by atoms with Gasteiger partial charge in [-0.25, -0.2) is 0 Å². The lowest BCUT2D eigenvalue weighted by Gasteiger charge is -2.26. The van der Waals surface area contributed by atoms with Gasteiger partial charge in [-0.1, -0.05) is 36.4 Å². The maximum absolute atomic E-state index is 13.3. The molecule has 36 heavy (non-hydrogen) atoms. The van der Waals surface area contributed by atoms with Crippen molar-refractivity contribution < 1.29 is 14.4 Å². The number of fused-ring (bicyclic) bond motifs is 1. The number of carbonyl (C=O) groups excluding carboxylic acids is 3. The van der Waals surface area contributed by atoms with E-state index in [9.17, 15) is 14.4 Å². The number of nitrogens with one attached hydrogen (secondary N) is 2. The maximum atomic E-state index is 13.3. The van der Waals surface area contributed by atoms with Crippen molar-refractivity contribution in [2.45, 2.75) is 69.5 Å². The highest BCUT2D eigenvalue weighted by atomic mass is 16.2. The molecule has 0 radical (unpaired) electrons. The van der Waals surface area contributed by atoms with Crippen LogP contribution in [0.15, 0.2) is 48.5 Å². The Kier molecular flexibility index (Phi) is 8.72. The van der Waals surface area contributed by atoms with Crippen LogP contribution in [-0.2, 0) is 33.6 Å². The van der Waals surface area contributed by atoms with Gasteiger partial charge in [-0.15, -0.1) is 0 Å². The molecule has 1 heterocycles. The molecule has 0 bridgehead atoms. The standard InChI is InChI=1S/C28H37N5O3/c29-15-5-10-24(30)28(36)33-18-23(31-26(34)14-11-19-6-2-1-3-7-19)17-25(33)27(35)32-22-13-12-20-8-4-9-21(20)16-22/h1-3,6-7,12-13,16,23-25H,4-5,8-11,14-15,17-18,29-30H2,(H,31,34)(H,32,35)/t23-,24+,25+/m1/s1. The van der Waals surface area contributed by atoms with Crippen LogP contribution >= 0.6 is 0 Å². The average molecular weight is 492 g/mol. The first kappa shape index (κ1) is 25.9. The summed E-state index contributed by atoms with van der Waals surface area (Å²) in [6.07, 6.45) is 5.63. The molecule has 1 aliphatic carbocycles. The number of carbonyl (C=O) groups is 3. The lowest BCUT2D eigenvalue weighted by Crippen LogP contribution is -2.50. The first-order valence-electron chi connectivity index (χ1n) is 13.0. The second-order valence-corrected chi connectivity index (χ2v) is 9.86. The van der Waals surface area contributed by atoms with Gasteiger partial charge in [0.1, 0.15) is 6.04 Å². The van der Waals surface area contributed by atoms with E-state index in [1.54, 1.807) is 0 Å². The molecule has 8 nitrogen and oxygen atoms in total. The van der Waals surface area contributed by atoms with Crippen molar-refractivity contribution in [1.82, 2.24) is 10.2 Å². The molecule has 2 aliphatic rings. The number of hydrogen-bond donors (Lipinski definition) is 4. The third-order valence-electron chi connectivity index (χ3n) is 7.14. The SMILES string of the molecule is NCCC[C@H](N)C(=O)N1C[C@H](NC(=O)CCc2ccccc2)C[C@H]1C(=O)Nc1ccc2c(c1)CCC2. The monoisotopic (exact) mass is 491 g/mol. The summed E-state index contributed by atoms with van der Waals surface area (Å²) >= 11 is 0. The van der Waals surface area contributed by atoms with Gasteiger partial charge < -0.3 is 27.0 Å². The van der Waals surface area contributed by atoms with Crippen molar-refractivity contribution in [2.75, 3.05) is 18.4 Å². The number of rotatable bonds is 10. The Morgan fingerprint density at radius 3 is 2.61 bits per heavy atom. The van der Waals surface area contributed by atoms with E-state index in [4.69, 9.17) is 11.5 Å². The Balaban J connectivity index is 1.41. The van der Waals surface area contributed by atoms with Crippen molar-refractivity contribution >= 4 is 23.4 Å². The minimum Gasteiger partial charge on any atom is -0.351 e. The number of aryl methyl sites for hydroxylation is 3. The Bertz CT molecular complexity index is 1070. The van der Waals surface area contributed by atoms with Crippen LogP contribution < -0.4 is 22.1 Å². The molecule has 0 unspecified atom stereocenters. The fraction of sp³-hybridized carbons (Fsp3) is 0.464. The fourth-order valence-corrected chi connectivity index (χ4v) is 5.18. The van der Waals surface area contributed by atoms with Gasteiger partial charge in [0.2, 0.25) is 17.7 Å². The number of nitrogens with two attached hydrogens (primary N) is 2. The van der Waals surface area contributed by atoms with Gasteiger partial charge in [0.05, 0.1) is 6.04 Å². The van der Waals surface area contributed by atoms with Crippen LogP contribution in [0.25, 0.3) is 0 Å². The van der Waals surface area contributed by atoms with Crippen LogP contribution in [0.2, 0.25) is 0 Å². The van der Waals surface area contributed by atoms with Gasteiger partial charge in [0.25, 0.3) is 0 Å². The van der Waals surface area contributed by atoms with E-state index >= 15 is 0 Å².